The van der Waals surface area contributed by atoms with Crippen LogP contribution in [0.3, 0.4) is 0 Å². The van der Waals surface area contributed by atoms with E-state index in [1.807, 2.05) is 25.2 Å². The van der Waals surface area contributed by atoms with E-state index in [1.54, 1.807) is 0 Å². The Morgan fingerprint density at radius 2 is 1.60 bits per heavy atom. The summed E-state index contributed by atoms with van der Waals surface area (Å²) in [5, 5.41) is 4.74. The Hall–Kier alpha value is -1.02. The Bertz CT molecular complexity index is 543. The number of nitrogens with one attached hydrogen (secondary N) is 1. The summed E-state index contributed by atoms with van der Waals surface area (Å²) in [7, 11) is 1.97. The zero-order chi connectivity index (χ0) is 14.5. The predicted molar refractivity (Wildman–Crippen MR) is 88.0 cm³/mol. The van der Waals surface area contributed by atoms with Crippen LogP contribution in [0.5, 0.6) is 0 Å². The van der Waals surface area contributed by atoms with Gasteiger partial charge < -0.3 is 5.32 Å². The molecule has 3 heteroatoms. The van der Waals surface area contributed by atoms with Crippen LogP contribution in [-0.4, -0.2) is 13.6 Å². The molecule has 0 saturated heterocycles. The largest absolute Gasteiger partial charge is 0.319 e. The fourth-order valence-electron chi connectivity index (χ4n) is 2.37. The van der Waals surface area contributed by atoms with Gasteiger partial charge in [0.1, 0.15) is 0 Å². The highest BCUT2D eigenvalue weighted by molar-refractivity contribution is 6.36. The van der Waals surface area contributed by atoms with Gasteiger partial charge in [0.2, 0.25) is 0 Å². The summed E-state index contributed by atoms with van der Waals surface area (Å²) in [6.45, 7) is 2.99. The maximum Gasteiger partial charge on any atom is 0.0453 e. The standard InChI is InChI=1S/C17H19Cl2N/c1-12-6-8-13(9-7-12)14(11-20-2)10-15-16(18)4-3-5-17(15)19/h3-9,14,20H,10-11H2,1-2H3. The number of hydrogen-bond acceptors (Lipinski definition) is 1. The van der Waals surface area contributed by atoms with Crippen LogP contribution in [0.1, 0.15) is 22.6 Å². The second kappa shape index (κ2) is 7.12. The van der Waals surface area contributed by atoms with Crippen molar-refractivity contribution in [3.05, 3.63) is 69.2 Å². The Morgan fingerprint density at radius 1 is 1.00 bits per heavy atom. The van der Waals surface area contributed by atoms with E-state index < -0.39 is 0 Å². The van der Waals surface area contributed by atoms with E-state index in [9.17, 15) is 0 Å². The van der Waals surface area contributed by atoms with Crippen LogP contribution in [-0.2, 0) is 6.42 Å². The molecule has 1 atom stereocenters. The molecule has 0 aliphatic rings. The molecule has 1 N–H and O–H groups in total. The maximum absolute atomic E-state index is 6.28. The summed E-state index contributed by atoms with van der Waals surface area (Å²) < 4.78 is 0. The van der Waals surface area contributed by atoms with Crippen molar-refractivity contribution in [3.8, 4) is 0 Å². The first-order valence-electron chi connectivity index (χ1n) is 6.76. The fraction of sp³-hybridized carbons (Fsp3) is 0.294. The van der Waals surface area contributed by atoms with Gasteiger partial charge in [0.05, 0.1) is 0 Å². The van der Waals surface area contributed by atoms with Gasteiger partial charge in [-0.15, -0.1) is 0 Å². The molecule has 20 heavy (non-hydrogen) atoms. The monoisotopic (exact) mass is 307 g/mol. The third-order valence-corrected chi connectivity index (χ3v) is 4.22. The van der Waals surface area contributed by atoms with Crippen LogP contribution in [0.4, 0.5) is 0 Å². The normalized spacial score (nSPS) is 12.4. The number of hydrogen-bond donors (Lipinski definition) is 1. The molecule has 0 spiro atoms. The van der Waals surface area contributed by atoms with E-state index in [0.717, 1.165) is 28.6 Å². The summed E-state index contributed by atoms with van der Waals surface area (Å²) in [5.74, 6) is 0.359. The molecule has 0 fully saturated rings. The Morgan fingerprint density at radius 3 is 2.15 bits per heavy atom. The summed E-state index contributed by atoms with van der Waals surface area (Å²) in [6.07, 6.45) is 0.836. The van der Waals surface area contributed by atoms with Crippen LogP contribution >= 0.6 is 23.2 Å². The molecular weight excluding hydrogens is 289 g/mol. The third-order valence-electron chi connectivity index (χ3n) is 3.51. The minimum Gasteiger partial charge on any atom is -0.319 e. The first-order valence-corrected chi connectivity index (χ1v) is 7.51. The molecule has 1 unspecified atom stereocenters. The molecule has 0 amide bonds. The zero-order valence-corrected chi connectivity index (χ0v) is 13.3. The average Bonchev–Trinajstić information content (AvgIpc) is 2.43. The van der Waals surface area contributed by atoms with Crippen molar-refractivity contribution >= 4 is 23.2 Å². The highest BCUT2D eigenvalue weighted by atomic mass is 35.5. The van der Waals surface area contributed by atoms with Gasteiger partial charge >= 0.3 is 0 Å². The smallest absolute Gasteiger partial charge is 0.0453 e. The number of benzene rings is 2. The first-order chi connectivity index (χ1) is 9.61. The van der Waals surface area contributed by atoms with Gasteiger partial charge in [-0.25, -0.2) is 0 Å². The van der Waals surface area contributed by atoms with Crippen LogP contribution in [0.15, 0.2) is 42.5 Å². The van der Waals surface area contributed by atoms with Crippen molar-refractivity contribution in [3.63, 3.8) is 0 Å². The highest BCUT2D eigenvalue weighted by Gasteiger charge is 2.15. The van der Waals surface area contributed by atoms with Gasteiger partial charge in [-0.2, -0.15) is 0 Å². The molecule has 0 saturated carbocycles. The predicted octanol–water partition coefficient (Wildman–Crippen LogP) is 4.85. The molecule has 0 aliphatic carbocycles. The van der Waals surface area contributed by atoms with Gasteiger partial charge in [0, 0.05) is 22.5 Å². The second-order valence-electron chi connectivity index (χ2n) is 5.07. The van der Waals surface area contributed by atoms with Crippen molar-refractivity contribution in [1.29, 1.82) is 0 Å². The summed E-state index contributed by atoms with van der Waals surface area (Å²) in [4.78, 5) is 0. The molecule has 0 radical (unpaired) electrons. The van der Waals surface area contributed by atoms with Gasteiger partial charge in [-0.05, 0) is 43.7 Å². The lowest BCUT2D eigenvalue weighted by Gasteiger charge is -2.19. The average molecular weight is 308 g/mol. The molecule has 2 aromatic rings. The summed E-state index contributed by atoms with van der Waals surface area (Å²) >= 11 is 12.6. The highest BCUT2D eigenvalue weighted by Crippen LogP contribution is 2.30. The van der Waals surface area contributed by atoms with E-state index in [-0.39, 0.29) is 0 Å². The first kappa shape index (κ1) is 15.4. The van der Waals surface area contributed by atoms with Crippen molar-refractivity contribution in [1.82, 2.24) is 5.32 Å². The molecule has 2 rings (SSSR count). The molecule has 0 bridgehead atoms. The van der Waals surface area contributed by atoms with Crippen molar-refractivity contribution in [2.45, 2.75) is 19.3 Å². The minimum absolute atomic E-state index is 0.359. The molecule has 2 aromatic carbocycles. The number of rotatable bonds is 5. The van der Waals surface area contributed by atoms with E-state index in [4.69, 9.17) is 23.2 Å². The lowest BCUT2D eigenvalue weighted by molar-refractivity contribution is 0.626. The zero-order valence-electron chi connectivity index (χ0n) is 11.8. The number of aryl methyl sites for hydroxylation is 1. The molecule has 1 nitrogen and oxygen atoms in total. The van der Waals surface area contributed by atoms with Crippen LogP contribution in [0.25, 0.3) is 0 Å². The molecule has 0 aromatic heterocycles. The van der Waals surface area contributed by atoms with E-state index in [0.29, 0.717) is 5.92 Å². The van der Waals surface area contributed by atoms with Gasteiger partial charge in [0.15, 0.2) is 0 Å². The third kappa shape index (κ3) is 3.76. The van der Waals surface area contributed by atoms with Crippen molar-refractivity contribution in [2.24, 2.45) is 0 Å². The minimum atomic E-state index is 0.359. The van der Waals surface area contributed by atoms with Crippen LogP contribution in [0, 0.1) is 6.92 Å². The Kier molecular flexibility index (Phi) is 5.47. The Balaban J connectivity index is 2.28. The lowest BCUT2D eigenvalue weighted by atomic mass is 9.91. The number of halogens is 2. The van der Waals surface area contributed by atoms with Crippen molar-refractivity contribution in [2.75, 3.05) is 13.6 Å². The quantitative estimate of drug-likeness (QED) is 0.833. The molecule has 106 valence electrons. The van der Waals surface area contributed by atoms with Crippen LogP contribution < -0.4 is 5.32 Å². The van der Waals surface area contributed by atoms with E-state index in [1.165, 1.54) is 11.1 Å². The van der Waals surface area contributed by atoms with Crippen molar-refractivity contribution < 1.29 is 0 Å². The Labute approximate surface area is 130 Å². The van der Waals surface area contributed by atoms with Gasteiger partial charge in [-0.1, -0.05) is 59.1 Å². The summed E-state index contributed by atoms with van der Waals surface area (Å²) in [5.41, 5.74) is 3.60. The van der Waals surface area contributed by atoms with E-state index in [2.05, 4.69) is 36.5 Å². The molecule has 0 heterocycles. The van der Waals surface area contributed by atoms with Gasteiger partial charge in [-0.3, -0.25) is 0 Å². The number of likely N-dealkylation sites (N-methyl/N-ethyl adjacent to an activating group) is 1. The fourth-order valence-corrected chi connectivity index (χ4v) is 2.92. The molecular formula is C17H19Cl2N. The van der Waals surface area contributed by atoms with E-state index >= 15 is 0 Å². The SMILES string of the molecule is CNCC(Cc1c(Cl)cccc1Cl)c1ccc(C)cc1. The maximum atomic E-state index is 6.28. The topological polar surface area (TPSA) is 12.0 Å². The second-order valence-corrected chi connectivity index (χ2v) is 5.88. The van der Waals surface area contributed by atoms with Gasteiger partial charge in [0.25, 0.3) is 0 Å². The lowest BCUT2D eigenvalue weighted by Crippen LogP contribution is -2.19. The molecule has 0 aliphatic heterocycles. The van der Waals surface area contributed by atoms with Crippen LogP contribution in [0.2, 0.25) is 10.0 Å². The summed E-state index contributed by atoms with van der Waals surface area (Å²) in [6, 6.07) is 14.3.